The highest BCUT2D eigenvalue weighted by Crippen LogP contribution is 2.29. The average Bonchev–Trinajstić information content (AvgIpc) is 2.28. The lowest BCUT2D eigenvalue weighted by molar-refractivity contribution is 0.140. The zero-order valence-corrected chi connectivity index (χ0v) is 10.8. The van der Waals surface area contributed by atoms with E-state index in [4.69, 9.17) is 10.5 Å². The highest BCUT2D eigenvalue weighted by Gasteiger charge is 2.22. The van der Waals surface area contributed by atoms with E-state index in [-0.39, 0.29) is 17.9 Å². The first-order chi connectivity index (χ1) is 8.06. The number of nitrogens with two attached hydrogens (primary N) is 1. The Morgan fingerprint density at radius 3 is 2.47 bits per heavy atom. The van der Waals surface area contributed by atoms with Crippen LogP contribution in [0.2, 0.25) is 0 Å². The molecule has 0 aliphatic heterocycles. The minimum atomic E-state index is -0.928. The Labute approximate surface area is 107 Å². The lowest BCUT2D eigenvalue weighted by Gasteiger charge is -2.27. The van der Waals surface area contributed by atoms with E-state index < -0.39 is 11.6 Å². The van der Waals surface area contributed by atoms with Crippen LogP contribution in [0.3, 0.4) is 0 Å². The third-order valence-electron chi connectivity index (χ3n) is 2.97. The number of hydrogen-bond acceptors (Lipinski definition) is 2. The molecule has 1 aliphatic rings. The zero-order valence-electron chi connectivity index (χ0n) is 9.26. The average molecular weight is 306 g/mol. The van der Waals surface area contributed by atoms with E-state index in [0.717, 1.165) is 31.7 Å². The quantitative estimate of drug-likeness (QED) is 0.850. The van der Waals surface area contributed by atoms with Crippen molar-refractivity contribution in [2.75, 3.05) is 0 Å². The van der Waals surface area contributed by atoms with Crippen molar-refractivity contribution in [2.45, 2.75) is 37.8 Å². The van der Waals surface area contributed by atoms with Gasteiger partial charge in [0.05, 0.1) is 6.10 Å². The van der Waals surface area contributed by atoms with Gasteiger partial charge in [-0.05, 0) is 37.8 Å². The summed E-state index contributed by atoms with van der Waals surface area (Å²) in [5.74, 6) is -1.86. The first kappa shape index (κ1) is 12.8. The van der Waals surface area contributed by atoms with Gasteiger partial charge in [-0.25, -0.2) is 4.39 Å². The summed E-state index contributed by atoms with van der Waals surface area (Å²) in [5.41, 5.74) is 5.77. The molecule has 0 unspecified atom stereocenters. The minimum Gasteiger partial charge on any atom is -0.487 e. The number of benzene rings is 1. The largest absolute Gasteiger partial charge is 0.487 e. The molecule has 0 amide bonds. The third kappa shape index (κ3) is 3.16. The first-order valence-electron chi connectivity index (χ1n) is 5.63. The summed E-state index contributed by atoms with van der Waals surface area (Å²) >= 11 is 3.11. The van der Waals surface area contributed by atoms with Gasteiger partial charge in [-0.2, -0.15) is 4.39 Å². The van der Waals surface area contributed by atoms with Crippen LogP contribution in [0.1, 0.15) is 25.7 Å². The number of rotatable bonds is 2. The molecule has 1 aromatic rings. The molecule has 94 valence electrons. The van der Waals surface area contributed by atoms with Crippen molar-refractivity contribution in [3.05, 3.63) is 28.2 Å². The van der Waals surface area contributed by atoms with Crippen LogP contribution in [0.25, 0.3) is 0 Å². The van der Waals surface area contributed by atoms with Gasteiger partial charge >= 0.3 is 0 Å². The fraction of sp³-hybridized carbons (Fsp3) is 0.500. The molecular weight excluding hydrogens is 292 g/mol. The second-order valence-corrected chi connectivity index (χ2v) is 5.27. The molecule has 2 N–H and O–H groups in total. The maximum atomic E-state index is 13.5. The van der Waals surface area contributed by atoms with Crippen molar-refractivity contribution in [1.29, 1.82) is 0 Å². The van der Waals surface area contributed by atoms with E-state index in [1.54, 1.807) is 0 Å². The predicted octanol–water partition coefficient (Wildman–Crippen LogP) is 3.38. The van der Waals surface area contributed by atoms with Crippen LogP contribution in [-0.4, -0.2) is 12.1 Å². The summed E-state index contributed by atoms with van der Waals surface area (Å²) in [6.07, 6.45) is 3.23. The third-order valence-corrected chi connectivity index (χ3v) is 3.43. The van der Waals surface area contributed by atoms with Gasteiger partial charge in [0.15, 0.2) is 11.6 Å². The van der Waals surface area contributed by atoms with Crippen molar-refractivity contribution >= 4 is 15.9 Å². The molecule has 1 fully saturated rings. The molecule has 1 aromatic carbocycles. The molecule has 0 bridgehead atoms. The van der Waals surface area contributed by atoms with Crippen LogP contribution < -0.4 is 10.5 Å². The smallest absolute Gasteiger partial charge is 0.200 e. The standard InChI is InChI=1S/C12H14BrF2NO/c13-7-5-10(14)12(15)11(6-7)17-9-3-1-8(16)2-4-9/h5-6,8-9H,1-4,16H2. The second-order valence-electron chi connectivity index (χ2n) is 4.35. The maximum Gasteiger partial charge on any atom is 0.200 e. The van der Waals surface area contributed by atoms with Gasteiger partial charge in [-0.1, -0.05) is 15.9 Å². The molecule has 0 radical (unpaired) electrons. The molecular formula is C12H14BrF2NO. The van der Waals surface area contributed by atoms with Gasteiger partial charge in [0, 0.05) is 10.5 Å². The Morgan fingerprint density at radius 1 is 1.18 bits per heavy atom. The van der Waals surface area contributed by atoms with Crippen molar-refractivity contribution in [3.63, 3.8) is 0 Å². The molecule has 0 atom stereocenters. The van der Waals surface area contributed by atoms with Gasteiger partial charge in [0.1, 0.15) is 0 Å². The van der Waals surface area contributed by atoms with Gasteiger partial charge in [0.25, 0.3) is 0 Å². The van der Waals surface area contributed by atoms with Gasteiger partial charge in [0.2, 0.25) is 5.82 Å². The molecule has 0 heterocycles. The Bertz CT molecular complexity index is 406. The predicted molar refractivity (Wildman–Crippen MR) is 64.9 cm³/mol. The zero-order chi connectivity index (χ0) is 12.4. The highest BCUT2D eigenvalue weighted by molar-refractivity contribution is 9.10. The van der Waals surface area contributed by atoms with Crippen LogP contribution in [0.15, 0.2) is 16.6 Å². The number of ether oxygens (including phenoxy) is 1. The molecule has 1 saturated carbocycles. The lowest BCUT2D eigenvalue weighted by Crippen LogP contribution is -2.31. The van der Waals surface area contributed by atoms with Crippen LogP contribution >= 0.6 is 15.9 Å². The fourth-order valence-corrected chi connectivity index (χ4v) is 2.41. The number of hydrogen-bond donors (Lipinski definition) is 1. The summed E-state index contributed by atoms with van der Waals surface area (Å²) in [5, 5.41) is 0. The van der Waals surface area contributed by atoms with E-state index in [9.17, 15) is 8.78 Å². The van der Waals surface area contributed by atoms with E-state index in [1.807, 2.05) is 0 Å². The first-order valence-corrected chi connectivity index (χ1v) is 6.42. The van der Waals surface area contributed by atoms with E-state index in [1.165, 1.54) is 6.07 Å². The molecule has 17 heavy (non-hydrogen) atoms. The monoisotopic (exact) mass is 305 g/mol. The van der Waals surface area contributed by atoms with Crippen LogP contribution in [0.4, 0.5) is 8.78 Å². The Hall–Kier alpha value is -0.680. The molecule has 0 spiro atoms. The van der Waals surface area contributed by atoms with Crippen molar-refractivity contribution in [3.8, 4) is 5.75 Å². The maximum absolute atomic E-state index is 13.5. The molecule has 5 heteroatoms. The van der Waals surface area contributed by atoms with Gasteiger partial charge < -0.3 is 10.5 Å². The van der Waals surface area contributed by atoms with Crippen LogP contribution in [0.5, 0.6) is 5.75 Å². The second kappa shape index (κ2) is 5.31. The summed E-state index contributed by atoms with van der Waals surface area (Å²) in [4.78, 5) is 0. The molecule has 0 aromatic heterocycles. The summed E-state index contributed by atoms with van der Waals surface area (Å²) in [6.45, 7) is 0. The normalized spacial score (nSPS) is 24.7. The Kier molecular flexibility index (Phi) is 3.99. The SMILES string of the molecule is NC1CCC(Oc2cc(Br)cc(F)c2F)CC1. The molecule has 0 saturated heterocycles. The summed E-state index contributed by atoms with van der Waals surface area (Å²) in [7, 11) is 0. The topological polar surface area (TPSA) is 35.2 Å². The summed E-state index contributed by atoms with van der Waals surface area (Å²) < 4.78 is 32.6. The van der Waals surface area contributed by atoms with Crippen molar-refractivity contribution in [1.82, 2.24) is 0 Å². The van der Waals surface area contributed by atoms with E-state index >= 15 is 0 Å². The Morgan fingerprint density at radius 2 is 1.82 bits per heavy atom. The molecule has 2 nitrogen and oxygen atoms in total. The van der Waals surface area contributed by atoms with Gasteiger partial charge in [-0.15, -0.1) is 0 Å². The lowest BCUT2D eigenvalue weighted by atomic mass is 9.94. The van der Waals surface area contributed by atoms with Crippen LogP contribution in [-0.2, 0) is 0 Å². The highest BCUT2D eigenvalue weighted by atomic mass is 79.9. The van der Waals surface area contributed by atoms with E-state index in [2.05, 4.69) is 15.9 Å². The fourth-order valence-electron chi connectivity index (χ4n) is 2.00. The van der Waals surface area contributed by atoms with Crippen molar-refractivity contribution < 1.29 is 13.5 Å². The molecule has 2 rings (SSSR count). The molecule has 1 aliphatic carbocycles. The number of halogens is 3. The van der Waals surface area contributed by atoms with E-state index in [0.29, 0.717) is 4.47 Å². The summed E-state index contributed by atoms with van der Waals surface area (Å²) in [6, 6.07) is 2.74. The minimum absolute atomic E-state index is 0.0302. The Balaban J connectivity index is 2.08. The van der Waals surface area contributed by atoms with Crippen molar-refractivity contribution in [2.24, 2.45) is 5.73 Å². The van der Waals surface area contributed by atoms with Crippen LogP contribution in [0, 0.1) is 11.6 Å². The van der Waals surface area contributed by atoms with Gasteiger partial charge in [-0.3, -0.25) is 0 Å².